The van der Waals surface area contributed by atoms with Crippen LogP contribution < -0.4 is 10.2 Å². The zero-order valence-corrected chi connectivity index (χ0v) is 19.0. The summed E-state index contributed by atoms with van der Waals surface area (Å²) >= 11 is 0. The quantitative estimate of drug-likeness (QED) is 0.173. The second-order valence-electron chi connectivity index (χ2n) is 8.38. The number of anilines is 2. The Labute approximate surface area is 202 Å². The number of para-hydroxylation sites is 1. The van der Waals surface area contributed by atoms with Crippen molar-refractivity contribution in [2.45, 2.75) is 0 Å². The summed E-state index contributed by atoms with van der Waals surface area (Å²) in [6.07, 6.45) is 1.71. The number of rotatable bonds is 4. The Hall–Kier alpha value is -4.77. The number of carbonyl (C=O) groups excluding carboxylic acids is 1. The van der Waals surface area contributed by atoms with E-state index in [2.05, 4.69) is 42.2 Å². The molecule has 0 atom stereocenters. The van der Waals surface area contributed by atoms with Crippen LogP contribution in [0.2, 0.25) is 0 Å². The average molecular weight is 455 g/mol. The minimum Gasteiger partial charge on any atom is -0.307 e. The van der Waals surface area contributed by atoms with Crippen LogP contribution in [0.4, 0.5) is 16.2 Å². The molecule has 0 saturated heterocycles. The molecule has 0 radical (unpaired) electrons. The summed E-state index contributed by atoms with van der Waals surface area (Å²) in [4.78, 5) is 24.8. The van der Waals surface area contributed by atoms with Gasteiger partial charge in [0.2, 0.25) is 0 Å². The Balaban J connectivity index is 1.46. The third-order valence-electron chi connectivity index (χ3n) is 6.19. The molecular formula is C30H22N4O. The number of benzene rings is 5. The van der Waals surface area contributed by atoms with Crippen molar-refractivity contribution >= 4 is 61.0 Å². The normalized spacial score (nSPS) is 11.2. The number of fused-ring (bicyclic) bond motifs is 7. The van der Waals surface area contributed by atoms with Crippen LogP contribution >= 0.6 is 0 Å². The van der Waals surface area contributed by atoms with Gasteiger partial charge in [0.1, 0.15) is 0 Å². The molecule has 1 N–H and O–H groups in total. The number of hydrogen-bond donors (Lipinski definition) is 1. The van der Waals surface area contributed by atoms with Crippen LogP contribution in [0.5, 0.6) is 0 Å². The van der Waals surface area contributed by atoms with Crippen molar-refractivity contribution in [3.63, 3.8) is 0 Å². The Morgan fingerprint density at radius 3 is 1.94 bits per heavy atom. The molecule has 1 aromatic heterocycles. The minimum atomic E-state index is -0.236. The summed E-state index contributed by atoms with van der Waals surface area (Å²) in [7, 11) is 0. The smallest absolute Gasteiger partial charge is 0.307 e. The number of amides is 2. The molecular weight excluding hydrogens is 432 g/mol. The molecule has 6 aromatic rings. The van der Waals surface area contributed by atoms with Crippen molar-refractivity contribution in [2.75, 3.05) is 16.8 Å². The number of aromatic nitrogens is 2. The van der Waals surface area contributed by atoms with Gasteiger partial charge < -0.3 is 5.32 Å². The molecule has 35 heavy (non-hydrogen) atoms. The average Bonchev–Trinajstić information content (AvgIpc) is 2.91. The molecule has 0 aliphatic rings. The van der Waals surface area contributed by atoms with E-state index in [4.69, 9.17) is 9.97 Å². The van der Waals surface area contributed by atoms with Gasteiger partial charge in [0.05, 0.1) is 22.1 Å². The second kappa shape index (κ2) is 8.54. The Kier molecular flexibility index (Phi) is 5.08. The van der Waals surface area contributed by atoms with Gasteiger partial charge in [0.25, 0.3) is 0 Å². The van der Waals surface area contributed by atoms with E-state index < -0.39 is 0 Å². The molecule has 0 spiro atoms. The Morgan fingerprint density at radius 1 is 0.743 bits per heavy atom. The van der Waals surface area contributed by atoms with E-state index in [0.29, 0.717) is 12.2 Å². The maximum absolute atomic E-state index is 13.1. The fourth-order valence-corrected chi connectivity index (χ4v) is 4.59. The lowest BCUT2D eigenvalue weighted by molar-refractivity contribution is 0.257. The third kappa shape index (κ3) is 3.63. The van der Waals surface area contributed by atoms with Crippen molar-refractivity contribution in [1.29, 1.82) is 0 Å². The van der Waals surface area contributed by atoms with E-state index in [-0.39, 0.29) is 6.03 Å². The molecule has 5 nitrogen and oxygen atoms in total. The highest BCUT2D eigenvalue weighted by molar-refractivity contribution is 6.23. The number of nitrogens with one attached hydrogen (secondary N) is 1. The molecule has 0 unspecified atom stereocenters. The predicted molar refractivity (Wildman–Crippen MR) is 145 cm³/mol. The molecule has 0 aliphatic heterocycles. The summed E-state index contributed by atoms with van der Waals surface area (Å²) in [5.41, 5.74) is 4.70. The van der Waals surface area contributed by atoms with Crippen molar-refractivity contribution < 1.29 is 4.79 Å². The predicted octanol–water partition coefficient (Wildman–Crippen LogP) is 7.31. The Bertz CT molecular complexity index is 1740. The van der Waals surface area contributed by atoms with Crippen LogP contribution in [-0.2, 0) is 0 Å². The molecule has 1 heterocycles. The monoisotopic (exact) mass is 454 g/mol. The first-order valence-corrected chi connectivity index (χ1v) is 11.5. The van der Waals surface area contributed by atoms with Gasteiger partial charge in [-0.25, -0.2) is 14.8 Å². The topological polar surface area (TPSA) is 58.1 Å². The van der Waals surface area contributed by atoms with E-state index in [0.717, 1.165) is 49.3 Å². The third-order valence-corrected chi connectivity index (χ3v) is 6.19. The first kappa shape index (κ1) is 20.8. The molecule has 6 rings (SSSR count). The molecule has 0 saturated carbocycles. The highest BCUT2D eigenvalue weighted by atomic mass is 16.2. The highest BCUT2D eigenvalue weighted by Gasteiger charge is 2.16. The lowest BCUT2D eigenvalue weighted by Gasteiger charge is -2.21. The lowest BCUT2D eigenvalue weighted by Crippen LogP contribution is -2.35. The highest BCUT2D eigenvalue weighted by Crippen LogP contribution is 2.34. The molecule has 0 fully saturated rings. The summed E-state index contributed by atoms with van der Waals surface area (Å²) in [5, 5.41) is 7.46. The van der Waals surface area contributed by atoms with Crippen LogP contribution in [-0.4, -0.2) is 22.5 Å². The molecule has 5 heteroatoms. The largest absolute Gasteiger partial charge is 0.326 e. The number of hydrogen-bond acceptors (Lipinski definition) is 3. The van der Waals surface area contributed by atoms with Gasteiger partial charge in [0, 0.05) is 28.7 Å². The zero-order valence-electron chi connectivity index (χ0n) is 19.0. The van der Waals surface area contributed by atoms with E-state index in [1.165, 1.54) is 0 Å². The van der Waals surface area contributed by atoms with Gasteiger partial charge >= 0.3 is 6.03 Å². The van der Waals surface area contributed by atoms with E-state index in [9.17, 15) is 4.79 Å². The van der Waals surface area contributed by atoms with Crippen molar-refractivity contribution in [3.8, 4) is 0 Å². The van der Waals surface area contributed by atoms with Crippen LogP contribution in [0.15, 0.2) is 110 Å². The van der Waals surface area contributed by atoms with Crippen LogP contribution in [0.25, 0.3) is 43.6 Å². The molecule has 2 amide bonds. The van der Waals surface area contributed by atoms with Crippen LogP contribution in [0, 0.1) is 0 Å². The molecule has 0 aliphatic carbocycles. The maximum atomic E-state index is 13.1. The van der Waals surface area contributed by atoms with E-state index in [1.807, 2.05) is 66.7 Å². The van der Waals surface area contributed by atoms with E-state index >= 15 is 0 Å². The fourth-order valence-electron chi connectivity index (χ4n) is 4.59. The van der Waals surface area contributed by atoms with Gasteiger partial charge in [-0.3, -0.25) is 4.90 Å². The fraction of sp³-hybridized carbons (Fsp3) is 0.0333. The van der Waals surface area contributed by atoms with Crippen molar-refractivity contribution in [2.24, 2.45) is 0 Å². The summed E-state index contributed by atoms with van der Waals surface area (Å²) in [6, 6.07) is 31.5. The second-order valence-corrected chi connectivity index (χ2v) is 8.38. The van der Waals surface area contributed by atoms with Gasteiger partial charge in [0.15, 0.2) is 0 Å². The van der Waals surface area contributed by atoms with Gasteiger partial charge in [-0.2, -0.15) is 0 Å². The molecule has 0 bridgehead atoms. The number of urea groups is 1. The first-order chi connectivity index (χ1) is 17.2. The maximum Gasteiger partial charge on any atom is 0.326 e. The first-order valence-electron chi connectivity index (χ1n) is 11.5. The number of nitrogens with zero attached hydrogens (tertiary/aromatic N) is 3. The summed E-state index contributed by atoms with van der Waals surface area (Å²) in [6.45, 7) is 4.19. The van der Waals surface area contributed by atoms with Crippen molar-refractivity contribution in [1.82, 2.24) is 9.97 Å². The number of carbonyl (C=O) groups is 1. The van der Waals surface area contributed by atoms with Crippen LogP contribution in [0.3, 0.4) is 0 Å². The minimum absolute atomic E-state index is 0.236. The summed E-state index contributed by atoms with van der Waals surface area (Å²) in [5.74, 6) is 0. The molecule has 5 aromatic carbocycles. The zero-order chi connectivity index (χ0) is 23.8. The lowest BCUT2D eigenvalue weighted by atomic mass is 9.99. The Morgan fingerprint density at radius 2 is 1.31 bits per heavy atom. The van der Waals surface area contributed by atoms with Gasteiger partial charge in [-0.15, -0.1) is 6.58 Å². The van der Waals surface area contributed by atoms with Gasteiger partial charge in [-0.05, 0) is 41.1 Å². The standard InChI is InChI=1S/C30H22N4O/c1-2-18-34(21-10-4-3-5-11-21)30(35)31-20-16-17-26-27(19-20)33-29-25-15-9-7-13-23(25)22-12-6-8-14-24(22)28(29)32-26/h2-17,19H,1,18H2,(H,31,35). The van der Waals surface area contributed by atoms with E-state index in [1.54, 1.807) is 11.0 Å². The molecule has 168 valence electrons. The SMILES string of the molecule is C=CCN(C(=O)Nc1ccc2nc3c4ccccc4c4ccccc4c3nc2c1)c1ccccc1. The van der Waals surface area contributed by atoms with Gasteiger partial charge in [-0.1, -0.05) is 72.8 Å². The van der Waals surface area contributed by atoms with Crippen LogP contribution in [0.1, 0.15) is 0 Å². The summed E-state index contributed by atoms with van der Waals surface area (Å²) < 4.78 is 0. The van der Waals surface area contributed by atoms with Crippen molar-refractivity contribution in [3.05, 3.63) is 110 Å².